The maximum Gasteiger partial charge on any atom is 0.416 e. The minimum atomic E-state index is -4.38. The van der Waals surface area contributed by atoms with Crippen molar-refractivity contribution in [3.63, 3.8) is 0 Å². The van der Waals surface area contributed by atoms with Crippen LogP contribution in [-0.2, 0) is 17.5 Å². The van der Waals surface area contributed by atoms with Gasteiger partial charge in [0, 0.05) is 30.9 Å². The van der Waals surface area contributed by atoms with Crippen molar-refractivity contribution in [2.75, 3.05) is 18.0 Å². The van der Waals surface area contributed by atoms with Crippen LogP contribution in [0.25, 0.3) is 11.3 Å². The van der Waals surface area contributed by atoms with Crippen molar-refractivity contribution >= 4 is 11.9 Å². The summed E-state index contributed by atoms with van der Waals surface area (Å²) >= 11 is 0. The third-order valence-electron chi connectivity index (χ3n) is 7.28. The lowest BCUT2D eigenvalue weighted by molar-refractivity contribution is -0.137. The molecule has 2 aromatic heterocycles. The van der Waals surface area contributed by atoms with Crippen molar-refractivity contribution in [3.8, 4) is 11.3 Å². The lowest BCUT2D eigenvalue weighted by atomic mass is 9.60. The molecule has 0 atom stereocenters. The maximum atomic E-state index is 13.0. The molecule has 1 aliphatic heterocycles. The molecule has 3 heterocycles. The van der Waals surface area contributed by atoms with Crippen LogP contribution in [-0.4, -0.2) is 35.4 Å². The number of amides is 1. The molecule has 10 heteroatoms. The molecule has 36 heavy (non-hydrogen) atoms. The van der Waals surface area contributed by atoms with Gasteiger partial charge in [0.1, 0.15) is 23.9 Å². The highest BCUT2D eigenvalue weighted by Gasteiger charge is 2.46. The van der Waals surface area contributed by atoms with E-state index in [4.69, 9.17) is 9.26 Å². The van der Waals surface area contributed by atoms with Gasteiger partial charge in [-0.05, 0) is 50.2 Å². The van der Waals surface area contributed by atoms with Gasteiger partial charge in [-0.15, -0.1) is 0 Å². The highest BCUT2D eigenvalue weighted by atomic mass is 19.4. The van der Waals surface area contributed by atoms with Gasteiger partial charge in [-0.25, -0.2) is 9.78 Å². The molecule has 1 amide bonds. The minimum absolute atomic E-state index is 0.0212. The minimum Gasteiger partial charge on any atom is -0.444 e. The molecule has 0 radical (unpaired) electrons. The van der Waals surface area contributed by atoms with Gasteiger partial charge in [-0.1, -0.05) is 35.5 Å². The Morgan fingerprint density at radius 3 is 2.61 bits per heavy atom. The van der Waals surface area contributed by atoms with Crippen LogP contribution < -0.4 is 10.2 Å². The molecule has 1 saturated heterocycles. The van der Waals surface area contributed by atoms with E-state index in [0.717, 1.165) is 48.9 Å². The maximum absolute atomic E-state index is 13.0. The zero-order valence-corrected chi connectivity index (χ0v) is 19.8. The summed E-state index contributed by atoms with van der Waals surface area (Å²) in [7, 11) is 0. The Morgan fingerprint density at radius 1 is 1.19 bits per heavy atom. The first-order chi connectivity index (χ1) is 17.2. The number of alkyl halides is 3. The predicted molar refractivity (Wildman–Crippen MR) is 126 cm³/mol. The van der Waals surface area contributed by atoms with Crippen LogP contribution in [0, 0.1) is 12.3 Å². The van der Waals surface area contributed by atoms with Crippen molar-refractivity contribution in [2.24, 2.45) is 5.41 Å². The lowest BCUT2D eigenvalue weighted by Gasteiger charge is -2.52. The number of pyridine rings is 1. The molecule has 2 fully saturated rings. The van der Waals surface area contributed by atoms with E-state index in [1.165, 1.54) is 6.20 Å². The van der Waals surface area contributed by atoms with E-state index in [0.29, 0.717) is 30.4 Å². The molecule has 2 aliphatic rings. The molecule has 1 aromatic carbocycles. The number of alkyl carbamates (subject to hydrolysis) is 1. The van der Waals surface area contributed by atoms with Crippen molar-refractivity contribution in [1.29, 1.82) is 0 Å². The number of aromatic nitrogens is 2. The highest BCUT2D eigenvalue weighted by Crippen LogP contribution is 2.49. The Balaban J connectivity index is 1.09. The predicted octanol–water partition coefficient (Wildman–Crippen LogP) is 5.74. The van der Waals surface area contributed by atoms with Gasteiger partial charge in [0.15, 0.2) is 0 Å². The molecule has 5 rings (SSSR count). The molecule has 1 spiro atoms. The number of anilines is 1. The number of nitrogens with one attached hydrogen (secondary N) is 1. The summed E-state index contributed by atoms with van der Waals surface area (Å²) in [5, 5.41) is 7.04. The number of hydrogen-bond donors (Lipinski definition) is 1. The Bertz CT molecular complexity index is 1210. The molecule has 1 aliphatic carbocycles. The third-order valence-corrected chi connectivity index (χ3v) is 7.28. The van der Waals surface area contributed by atoms with Crippen LogP contribution >= 0.6 is 0 Å². The Labute approximate surface area is 206 Å². The lowest BCUT2D eigenvalue weighted by Crippen LogP contribution is -2.55. The van der Waals surface area contributed by atoms with Gasteiger partial charge in [0.05, 0.1) is 11.1 Å². The second kappa shape index (κ2) is 9.48. The first-order valence-corrected chi connectivity index (χ1v) is 11.9. The van der Waals surface area contributed by atoms with Crippen LogP contribution in [0.4, 0.5) is 23.8 Å². The number of carbonyl (C=O) groups excluding carboxylic acids is 1. The number of halogens is 3. The number of hydrogen-bond acceptors (Lipinski definition) is 6. The summed E-state index contributed by atoms with van der Waals surface area (Å²) < 4.78 is 49.8. The molecular weight excluding hydrogens is 473 g/mol. The van der Waals surface area contributed by atoms with E-state index in [9.17, 15) is 18.0 Å². The zero-order valence-electron chi connectivity index (χ0n) is 19.8. The van der Waals surface area contributed by atoms with Crippen LogP contribution in [0.2, 0.25) is 0 Å². The van der Waals surface area contributed by atoms with Gasteiger partial charge >= 0.3 is 12.3 Å². The molecule has 1 saturated carbocycles. The molecule has 3 aromatic rings. The van der Waals surface area contributed by atoms with Crippen molar-refractivity contribution in [1.82, 2.24) is 15.5 Å². The molecule has 190 valence electrons. The average molecular weight is 501 g/mol. The molecule has 7 nitrogen and oxygen atoms in total. The summed E-state index contributed by atoms with van der Waals surface area (Å²) in [5.41, 5.74) is 1.70. The highest BCUT2D eigenvalue weighted by molar-refractivity contribution is 5.69. The number of carbonyl (C=O) groups is 1. The summed E-state index contributed by atoms with van der Waals surface area (Å²) in [6.07, 6.45) is -0.314. The van der Waals surface area contributed by atoms with Crippen molar-refractivity contribution in [2.45, 2.75) is 51.4 Å². The van der Waals surface area contributed by atoms with Gasteiger partial charge in [-0.2, -0.15) is 13.2 Å². The fourth-order valence-corrected chi connectivity index (χ4v) is 5.20. The number of benzene rings is 1. The van der Waals surface area contributed by atoms with Crippen LogP contribution in [0.15, 0.2) is 53.2 Å². The Kier molecular flexibility index (Phi) is 6.36. The number of aryl methyl sites for hydroxylation is 1. The van der Waals surface area contributed by atoms with E-state index in [1.807, 2.05) is 35.2 Å². The first-order valence-electron chi connectivity index (χ1n) is 11.9. The molecule has 1 N–H and O–H groups in total. The fourth-order valence-electron chi connectivity index (χ4n) is 5.20. The average Bonchev–Trinajstić information content (AvgIpc) is 3.22. The normalized spacial score (nSPS) is 17.6. The van der Waals surface area contributed by atoms with E-state index >= 15 is 0 Å². The number of nitrogens with zero attached hydrogens (tertiary/aromatic N) is 3. The smallest absolute Gasteiger partial charge is 0.416 e. The zero-order chi connectivity index (χ0) is 25.3. The third kappa shape index (κ3) is 5.03. The molecule has 0 bridgehead atoms. The van der Waals surface area contributed by atoms with E-state index in [2.05, 4.69) is 15.5 Å². The van der Waals surface area contributed by atoms with Crippen molar-refractivity contribution in [3.05, 3.63) is 65.5 Å². The quantitative estimate of drug-likeness (QED) is 0.481. The van der Waals surface area contributed by atoms with E-state index < -0.39 is 17.8 Å². The van der Waals surface area contributed by atoms with Gasteiger partial charge in [0.2, 0.25) is 0 Å². The number of piperidine rings is 1. The van der Waals surface area contributed by atoms with Gasteiger partial charge in [-0.3, -0.25) is 0 Å². The molecule has 0 unspecified atom stereocenters. The van der Waals surface area contributed by atoms with E-state index in [1.54, 1.807) is 6.92 Å². The Morgan fingerprint density at radius 2 is 1.92 bits per heavy atom. The van der Waals surface area contributed by atoms with Crippen molar-refractivity contribution < 1.29 is 27.2 Å². The van der Waals surface area contributed by atoms with Gasteiger partial charge in [0.25, 0.3) is 0 Å². The summed E-state index contributed by atoms with van der Waals surface area (Å²) in [4.78, 5) is 18.5. The topological polar surface area (TPSA) is 80.5 Å². The second-order valence-corrected chi connectivity index (χ2v) is 9.65. The van der Waals surface area contributed by atoms with Crippen LogP contribution in [0.5, 0.6) is 0 Å². The largest absolute Gasteiger partial charge is 0.444 e. The SMILES string of the molecule is Cc1onc(-c2ccccc2)c1COC(=O)NC1CC2(CCN(c3cc(C(F)(F)F)ccn3)CC2)C1. The number of ether oxygens (including phenoxy) is 1. The van der Waals surface area contributed by atoms with Crippen LogP contribution in [0.3, 0.4) is 0 Å². The molecular formula is C26H27F3N4O3. The van der Waals surface area contributed by atoms with Gasteiger partial charge < -0.3 is 19.5 Å². The fraction of sp³-hybridized carbons (Fsp3) is 0.423. The summed E-state index contributed by atoms with van der Waals surface area (Å²) in [6, 6.07) is 11.7. The summed E-state index contributed by atoms with van der Waals surface area (Å²) in [5.74, 6) is 0.961. The van der Waals surface area contributed by atoms with Crippen LogP contribution in [0.1, 0.15) is 42.6 Å². The monoisotopic (exact) mass is 500 g/mol. The van der Waals surface area contributed by atoms with E-state index in [-0.39, 0.29) is 18.1 Å². The first kappa shape index (κ1) is 24.1. The summed E-state index contributed by atoms with van der Waals surface area (Å²) in [6.45, 7) is 3.12. The number of rotatable bonds is 5. The standard InChI is InChI=1S/C26H27F3N4O3/c1-17-21(23(32-36-17)18-5-3-2-4-6-18)16-35-24(34)31-20-14-25(15-20)8-11-33(12-9-25)22-13-19(7-10-30-22)26(27,28)29/h2-7,10,13,20H,8-9,11-12,14-16H2,1H3,(H,31,34). The Hall–Kier alpha value is -3.56. The second-order valence-electron chi connectivity index (χ2n) is 9.65.